The molecule has 104 valence electrons. The van der Waals surface area contributed by atoms with Gasteiger partial charge in [-0.2, -0.15) is 0 Å². The molecule has 4 heteroatoms. The summed E-state index contributed by atoms with van der Waals surface area (Å²) in [7, 11) is 0. The SMILES string of the molecule is CC(/C=C/C=C(\C)C[O-])=C\C=C\C=C(C)\C=C\C[O-].[Na+].[Na+]. The molecule has 0 aliphatic rings. The van der Waals surface area contributed by atoms with E-state index in [0.29, 0.717) is 0 Å². The standard InChI is InChI=1S/C17H22O2.2Na/c1-15(10-6-11-17(3)14-19)8-4-5-9-16(2)12-7-13-18;;/h4-12H,13-14H2,1-3H3;;/q-2;2*+1/b5-4+,10-6+,12-7+,15-8+,16-9+,17-11+;;. The average Bonchev–Trinajstić information content (AvgIpc) is 2.41. The van der Waals surface area contributed by atoms with Crippen molar-refractivity contribution in [2.24, 2.45) is 0 Å². The Labute approximate surface area is 173 Å². The molecule has 0 atom stereocenters. The zero-order valence-electron chi connectivity index (χ0n) is 13.9. The molecule has 0 saturated carbocycles. The summed E-state index contributed by atoms with van der Waals surface area (Å²) >= 11 is 0. The zero-order valence-corrected chi connectivity index (χ0v) is 17.9. The summed E-state index contributed by atoms with van der Waals surface area (Å²) in [6, 6.07) is 0. The monoisotopic (exact) mass is 304 g/mol. The maximum absolute atomic E-state index is 10.5. The first-order valence-electron chi connectivity index (χ1n) is 6.28. The van der Waals surface area contributed by atoms with E-state index in [-0.39, 0.29) is 72.3 Å². The van der Waals surface area contributed by atoms with Crippen LogP contribution in [0.3, 0.4) is 0 Å². The summed E-state index contributed by atoms with van der Waals surface area (Å²) in [5.41, 5.74) is 2.97. The Hall–Kier alpha value is 0.360. The third kappa shape index (κ3) is 18.3. The minimum Gasteiger partial charge on any atom is -0.851 e. The number of allylic oxidation sites excluding steroid dienone is 10. The Balaban J connectivity index is -0.00000162. The van der Waals surface area contributed by atoms with Crippen LogP contribution in [-0.4, -0.2) is 13.2 Å². The van der Waals surface area contributed by atoms with Crippen LogP contribution in [0.15, 0.2) is 71.4 Å². The Kier molecular flexibility index (Phi) is 23.0. The molecule has 0 saturated heterocycles. The normalized spacial score (nSPS) is 13.9. The molecule has 0 unspecified atom stereocenters. The van der Waals surface area contributed by atoms with Gasteiger partial charge in [0.05, 0.1) is 0 Å². The summed E-state index contributed by atoms with van der Waals surface area (Å²) in [4.78, 5) is 0. The Bertz CT molecular complexity index is 428. The summed E-state index contributed by atoms with van der Waals surface area (Å²) in [6.07, 6.45) is 16.9. The summed E-state index contributed by atoms with van der Waals surface area (Å²) < 4.78 is 0. The third-order valence-corrected chi connectivity index (χ3v) is 2.27. The molecule has 0 aliphatic heterocycles. The van der Waals surface area contributed by atoms with Crippen LogP contribution in [0.4, 0.5) is 0 Å². The zero-order chi connectivity index (χ0) is 14.5. The van der Waals surface area contributed by atoms with Crippen molar-refractivity contribution in [3.05, 3.63) is 71.4 Å². The summed E-state index contributed by atoms with van der Waals surface area (Å²) in [5.74, 6) is 0. The molecule has 0 aromatic rings. The molecule has 0 aromatic carbocycles. The van der Waals surface area contributed by atoms with Gasteiger partial charge in [-0.05, 0) is 20.8 Å². The van der Waals surface area contributed by atoms with Gasteiger partial charge in [-0.1, -0.05) is 65.3 Å². The van der Waals surface area contributed by atoms with E-state index in [0.717, 1.165) is 16.7 Å². The fraction of sp³-hybridized carbons (Fsp3) is 0.294. The van der Waals surface area contributed by atoms with E-state index < -0.39 is 0 Å². The molecule has 2 nitrogen and oxygen atoms in total. The van der Waals surface area contributed by atoms with Gasteiger partial charge in [0.15, 0.2) is 0 Å². The van der Waals surface area contributed by atoms with Gasteiger partial charge in [0.2, 0.25) is 0 Å². The minimum atomic E-state index is -0.186. The molecule has 0 fully saturated rings. The van der Waals surface area contributed by atoms with E-state index in [9.17, 15) is 10.2 Å². The largest absolute Gasteiger partial charge is 1.00 e. The van der Waals surface area contributed by atoms with Crippen LogP contribution in [0.25, 0.3) is 0 Å². The van der Waals surface area contributed by atoms with Crippen LogP contribution in [0.1, 0.15) is 20.8 Å². The van der Waals surface area contributed by atoms with Crippen LogP contribution in [0.2, 0.25) is 0 Å². The maximum atomic E-state index is 10.5. The van der Waals surface area contributed by atoms with Crippen LogP contribution in [0.5, 0.6) is 0 Å². The first kappa shape index (κ1) is 26.3. The minimum absolute atomic E-state index is 0. The predicted octanol–water partition coefficient (Wildman–Crippen LogP) is -3.78. The summed E-state index contributed by atoms with van der Waals surface area (Å²) in [5, 5.41) is 20.7. The second-order valence-electron chi connectivity index (χ2n) is 4.29. The molecule has 21 heavy (non-hydrogen) atoms. The van der Waals surface area contributed by atoms with Crippen molar-refractivity contribution in [2.45, 2.75) is 20.8 Å². The van der Waals surface area contributed by atoms with E-state index in [2.05, 4.69) is 0 Å². The number of hydrogen-bond acceptors (Lipinski definition) is 2. The van der Waals surface area contributed by atoms with E-state index in [1.807, 2.05) is 69.4 Å². The van der Waals surface area contributed by atoms with Gasteiger partial charge in [0, 0.05) is 0 Å². The smallest absolute Gasteiger partial charge is 0.851 e. The second kappa shape index (κ2) is 18.4. The van der Waals surface area contributed by atoms with Gasteiger partial charge in [-0.15, -0.1) is 19.3 Å². The Morgan fingerprint density at radius 2 is 1.29 bits per heavy atom. The van der Waals surface area contributed by atoms with Gasteiger partial charge in [0.1, 0.15) is 0 Å². The van der Waals surface area contributed by atoms with Crippen molar-refractivity contribution < 1.29 is 69.3 Å². The van der Waals surface area contributed by atoms with Gasteiger partial charge < -0.3 is 10.2 Å². The van der Waals surface area contributed by atoms with Crippen LogP contribution in [0, 0.1) is 0 Å². The van der Waals surface area contributed by atoms with E-state index >= 15 is 0 Å². The number of hydrogen-bond donors (Lipinski definition) is 0. The van der Waals surface area contributed by atoms with Gasteiger partial charge in [-0.3, -0.25) is 0 Å². The van der Waals surface area contributed by atoms with Crippen molar-refractivity contribution >= 4 is 0 Å². The number of rotatable bonds is 7. The molecular formula is C17H22Na2O2. The molecule has 0 aliphatic carbocycles. The van der Waals surface area contributed by atoms with Crippen molar-refractivity contribution in [1.29, 1.82) is 0 Å². The van der Waals surface area contributed by atoms with Crippen molar-refractivity contribution in [1.82, 2.24) is 0 Å². The van der Waals surface area contributed by atoms with Gasteiger partial charge in [-0.25, -0.2) is 0 Å². The second-order valence-corrected chi connectivity index (χ2v) is 4.29. The Morgan fingerprint density at radius 3 is 1.76 bits per heavy atom. The molecule has 0 N–H and O–H groups in total. The first-order chi connectivity index (χ1) is 9.10. The fourth-order valence-electron chi connectivity index (χ4n) is 1.17. The molecular weight excluding hydrogens is 282 g/mol. The first-order valence-corrected chi connectivity index (χ1v) is 6.28. The maximum Gasteiger partial charge on any atom is 1.00 e. The van der Waals surface area contributed by atoms with Gasteiger partial charge in [0.25, 0.3) is 0 Å². The fourth-order valence-corrected chi connectivity index (χ4v) is 1.17. The van der Waals surface area contributed by atoms with Crippen molar-refractivity contribution in [2.75, 3.05) is 13.2 Å². The molecule has 0 rings (SSSR count). The van der Waals surface area contributed by atoms with Crippen LogP contribution in [-0.2, 0) is 0 Å². The predicted molar refractivity (Wildman–Crippen MR) is 78.4 cm³/mol. The van der Waals surface area contributed by atoms with Crippen molar-refractivity contribution in [3.63, 3.8) is 0 Å². The van der Waals surface area contributed by atoms with E-state index in [1.165, 1.54) is 0 Å². The molecule has 0 spiro atoms. The van der Waals surface area contributed by atoms with Crippen LogP contribution < -0.4 is 69.3 Å². The Morgan fingerprint density at radius 1 is 0.762 bits per heavy atom. The molecule has 0 aromatic heterocycles. The summed E-state index contributed by atoms with van der Waals surface area (Å²) in [6.45, 7) is 5.42. The third-order valence-electron chi connectivity index (χ3n) is 2.27. The molecule has 0 radical (unpaired) electrons. The van der Waals surface area contributed by atoms with E-state index in [4.69, 9.17) is 0 Å². The molecule has 0 amide bonds. The topological polar surface area (TPSA) is 46.1 Å². The van der Waals surface area contributed by atoms with Crippen molar-refractivity contribution in [3.8, 4) is 0 Å². The van der Waals surface area contributed by atoms with E-state index in [1.54, 1.807) is 6.08 Å². The molecule has 0 heterocycles. The van der Waals surface area contributed by atoms with Gasteiger partial charge >= 0.3 is 59.1 Å². The molecule has 0 bridgehead atoms. The average molecular weight is 304 g/mol. The van der Waals surface area contributed by atoms with Crippen LogP contribution >= 0.6 is 0 Å². The quantitative estimate of drug-likeness (QED) is 0.358.